The molecule has 0 bridgehead atoms. The molecule has 0 unspecified atom stereocenters. The standard InChI is InChI=1S/C20H17NO4S2/c1-24-17-8-3-2-7-16(17)21-19(22)13-25-20(23)15(18-9-5-11-27-18)12-14-6-4-10-26-14/h2-12H,13H2,1H3,(H,21,22)/b15-12+. The average molecular weight is 399 g/mol. The molecule has 0 fully saturated rings. The van der Waals surface area contributed by atoms with E-state index in [0.717, 1.165) is 9.75 Å². The molecule has 0 saturated carbocycles. The summed E-state index contributed by atoms with van der Waals surface area (Å²) in [5.74, 6) is -0.440. The maximum Gasteiger partial charge on any atom is 0.340 e. The van der Waals surface area contributed by atoms with E-state index in [9.17, 15) is 9.59 Å². The quantitative estimate of drug-likeness (QED) is 0.468. The summed E-state index contributed by atoms with van der Waals surface area (Å²) in [5.41, 5.74) is 0.950. The van der Waals surface area contributed by atoms with Crippen molar-refractivity contribution in [3.05, 3.63) is 69.0 Å². The van der Waals surface area contributed by atoms with E-state index in [-0.39, 0.29) is 6.61 Å². The average Bonchev–Trinajstić information content (AvgIpc) is 3.38. The van der Waals surface area contributed by atoms with Gasteiger partial charge in [0, 0.05) is 9.75 Å². The van der Waals surface area contributed by atoms with Crippen LogP contribution in [0, 0.1) is 0 Å². The second-order valence-electron chi connectivity index (χ2n) is 5.38. The molecular weight excluding hydrogens is 382 g/mol. The summed E-state index contributed by atoms with van der Waals surface area (Å²) in [7, 11) is 1.52. The third-order valence-corrected chi connectivity index (χ3v) is 5.27. The van der Waals surface area contributed by atoms with Crippen molar-refractivity contribution < 1.29 is 19.1 Å². The molecule has 2 heterocycles. The van der Waals surface area contributed by atoms with Gasteiger partial charge in [0.1, 0.15) is 5.75 Å². The van der Waals surface area contributed by atoms with Crippen LogP contribution in [0.25, 0.3) is 11.6 Å². The highest BCUT2D eigenvalue weighted by atomic mass is 32.1. The maximum absolute atomic E-state index is 12.6. The van der Waals surface area contributed by atoms with Crippen LogP contribution in [-0.4, -0.2) is 25.6 Å². The molecule has 7 heteroatoms. The zero-order valence-corrected chi connectivity index (χ0v) is 16.1. The number of methoxy groups -OCH3 is 1. The predicted octanol–water partition coefficient (Wildman–Crippen LogP) is 4.54. The van der Waals surface area contributed by atoms with Crippen LogP contribution >= 0.6 is 22.7 Å². The van der Waals surface area contributed by atoms with Gasteiger partial charge in [-0.25, -0.2) is 4.79 Å². The number of hydrogen-bond donors (Lipinski definition) is 1. The van der Waals surface area contributed by atoms with Crippen molar-refractivity contribution in [2.75, 3.05) is 19.0 Å². The molecule has 1 N–H and O–H groups in total. The number of nitrogens with one attached hydrogen (secondary N) is 1. The SMILES string of the molecule is COc1ccccc1NC(=O)COC(=O)/C(=C/c1cccs1)c1cccs1. The number of para-hydroxylation sites is 2. The van der Waals surface area contributed by atoms with Crippen LogP contribution in [0.3, 0.4) is 0 Å². The van der Waals surface area contributed by atoms with E-state index in [0.29, 0.717) is 17.0 Å². The molecule has 3 aromatic rings. The van der Waals surface area contributed by atoms with Crippen LogP contribution in [0.4, 0.5) is 5.69 Å². The Kier molecular flexibility index (Phi) is 6.40. The first-order valence-corrected chi connectivity index (χ1v) is 9.82. The summed E-state index contributed by atoms with van der Waals surface area (Å²) >= 11 is 2.96. The van der Waals surface area contributed by atoms with Gasteiger partial charge in [0.15, 0.2) is 6.61 Å². The van der Waals surface area contributed by atoms with Crippen LogP contribution in [0.1, 0.15) is 9.75 Å². The topological polar surface area (TPSA) is 64.6 Å². The lowest BCUT2D eigenvalue weighted by molar-refractivity contribution is -0.141. The van der Waals surface area contributed by atoms with Gasteiger partial charge in [-0.1, -0.05) is 24.3 Å². The van der Waals surface area contributed by atoms with Crippen molar-refractivity contribution in [3.63, 3.8) is 0 Å². The summed E-state index contributed by atoms with van der Waals surface area (Å²) < 4.78 is 10.4. The highest BCUT2D eigenvalue weighted by Crippen LogP contribution is 2.26. The van der Waals surface area contributed by atoms with Crippen molar-refractivity contribution in [1.29, 1.82) is 0 Å². The molecule has 0 saturated heterocycles. The molecule has 138 valence electrons. The van der Waals surface area contributed by atoms with Gasteiger partial charge in [0.05, 0.1) is 18.4 Å². The normalized spacial score (nSPS) is 11.1. The molecule has 0 aliphatic heterocycles. The molecule has 0 aliphatic rings. The number of esters is 1. The first-order chi connectivity index (χ1) is 13.2. The second kappa shape index (κ2) is 9.16. The monoisotopic (exact) mass is 399 g/mol. The first-order valence-electron chi connectivity index (χ1n) is 8.06. The Bertz CT molecular complexity index is 931. The highest BCUT2D eigenvalue weighted by Gasteiger charge is 2.17. The van der Waals surface area contributed by atoms with Crippen LogP contribution in [0.15, 0.2) is 59.3 Å². The van der Waals surface area contributed by atoms with Crippen molar-refractivity contribution in [1.82, 2.24) is 0 Å². The Morgan fingerprint density at radius 1 is 1.04 bits per heavy atom. The maximum atomic E-state index is 12.6. The lowest BCUT2D eigenvalue weighted by Crippen LogP contribution is -2.21. The van der Waals surface area contributed by atoms with E-state index >= 15 is 0 Å². The number of hydrogen-bond acceptors (Lipinski definition) is 6. The molecule has 0 atom stereocenters. The van der Waals surface area contributed by atoms with Crippen molar-refractivity contribution >= 4 is 51.9 Å². The van der Waals surface area contributed by atoms with Gasteiger partial charge in [-0.15, -0.1) is 22.7 Å². The lowest BCUT2D eigenvalue weighted by Gasteiger charge is -2.10. The predicted molar refractivity (Wildman–Crippen MR) is 109 cm³/mol. The molecule has 2 aromatic heterocycles. The third kappa shape index (κ3) is 5.06. The van der Waals surface area contributed by atoms with E-state index in [4.69, 9.17) is 9.47 Å². The van der Waals surface area contributed by atoms with E-state index in [2.05, 4.69) is 5.32 Å². The number of rotatable bonds is 7. The molecule has 0 aliphatic carbocycles. The van der Waals surface area contributed by atoms with Gasteiger partial charge in [-0.2, -0.15) is 0 Å². The molecule has 0 radical (unpaired) electrons. The zero-order valence-electron chi connectivity index (χ0n) is 14.5. The Morgan fingerprint density at radius 3 is 2.52 bits per heavy atom. The zero-order chi connectivity index (χ0) is 19.1. The van der Waals surface area contributed by atoms with Crippen molar-refractivity contribution in [3.8, 4) is 5.75 Å². The fourth-order valence-electron chi connectivity index (χ4n) is 2.32. The minimum absolute atomic E-state index is 0.385. The van der Waals surface area contributed by atoms with Crippen molar-refractivity contribution in [2.24, 2.45) is 0 Å². The van der Waals surface area contributed by atoms with Gasteiger partial charge in [-0.3, -0.25) is 4.79 Å². The van der Waals surface area contributed by atoms with Gasteiger partial charge < -0.3 is 14.8 Å². The van der Waals surface area contributed by atoms with Gasteiger partial charge >= 0.3 is 5.97 Å². The van der Waals surface area contributed by atoms with Gasteiger partial charge in [0.2, 0.25) is 0 Å². The molecule has 0 spiro atoms. The fourth-order valence-corrected chi connectivity index (χ4v) is 3.71. The van der Waals surface area contributed by atoms with Crippen LogP contribution < -0.4 is 10.1 Å². The number of carbonyl (C=O) groups is 2. The Labute approximate surface area is 164 Å². The molecule has 5 nitrogen and oxygen atoms in total. The number of ether oxygens (including phenoxy) is 2. The number of anilines is 1. The van der Waals surface area contributed by atoms with Crippen LogP contribution in [-0.2, 0) is 14.3 Å². The lowest BCUT2D eigenvalue weighted by atomic mass is 10.2. The molecule has 1 amide bonds. The Balaban J connectivity index is 1.67. The Hall–Kier alpha value is -2.90. The summed E-state index contributed by atoms with van der Waals surface area (Å²) in [5, 5.41) is 6.50. The van der Waals surface area contributed by atoms with Crippen molar-refractivity contribution in [2.45, 2.75) is 0 Å². The largest absolute Gasteiger partial charge is 0.495 e. The first kappa shape index (κ1) is 18.9. The number of thiophene rings is 2. The van der Waals surface area contributed by atoms with E-state index < -0.39 is 11.9 Å². The minimum Gasteiger partial charge on any atom is -0.495 e. The third-order valence-electron chi connectivity index (χ3n) is 3.55. The van der Waals surface area contributed by atoms with Gasteiger partial charge in [-0.05, 0) is 41.1 Å². The molecule has 1 aromatic carbocycles. The van der Waals surface area contributed by atoms with Crippen LogP contribution in [0.5, 0.6) is 5.75 Å². The Morgan fingerprint density at radius 2 is 1.81 bits per heavy atom. The molecule has 3 rings (SSSR count). The van der Waals surface area contributed by atoms with E-state index in [1.165, 1.54) is 29.8 Å². The smallest absolute Gasteiger partial charge is 0.340 e. The summed E-state index contributed by atoms with van der Waals surface area (Å²) in [4.78, 5) is 26.4. The molecular formula is C20H17NO4S2. The second-order valence-corrected chi connectivity index (χ2v) is 7.30. The van der Waals surface area contributed by atoms with E-state index in [1.54, 1.807) is 30.3 Å². The minimum atomic E-state index is -0.541. The van der Waals surface area contributed by atoms with Crippen LogP contribution in [0.2, 0.25) is 0 Å². The number of benzene rings is 1. The summed E-state index contributed by atoms with van der Waals surface area (Å²) in [6.07, 6.45) is 1.77. The number of carbonyl (C=O) groups excluding carboxylic acids is 2. The van der Waals surface area contributed by atoms with Gasteiger partial charge in [0.25, 0.3) is 5.91 Å². The number of amides is 1. The fraction of sp³-hybridized carbons (Fsp3) is 0.100. The summed E-state index contributed by atoms with van der Waals surface area (Å²) in [6.45, 7) is -0.385. The van der Waals surface area contributed by atoms with E-state index in [1.807, 2.05) is 35.0 Å². The molecule has 27 heavy (non-hydrogen) atoms. The highest BCUT2D eigenvalue weighted by molar-refractivity contribution is 7.12. The summed E-state index contributed by atoms with van der Waals surface area (Å²) in [6, 6.07) is 14.6.